The summed E-state index contributed by atoms with van der Waals surface area (Å²) < 4.78 is 0. The van der Waals surface area contributed by atoms with Gasteiger partial charge in [0.05, 0.1) is 5.71 Å². The van der Waals surface area contributed by atoms with Crippen molar-refractivity contribution >= 4 is 5.71 Å². The van der Waals surface area contributed by atoms with E-state index in [1.54, 1.807) is 13.0 Å². The van der Waals surface area contributed by atoms with Gasteiger partial charge in [0, 0.05) is 5.56 Å². The number of phenolic OH excluding ortho intramolecular Hbond substituents is 1. The zero-order valence-corrected chi connectivity index (χ0v) is 12.0. The fourth-order valence-electron chi connectivity index (χ4n) is 2.19. The molecule has 3 nitrogen and oxygen atoms in total. The van der Waals surface area contributed by atoms with Crippen LogP contribution in [-0.2, 0) is 6.42 Å². The minimum Gasteiger partial charge on any atom is -0.507 e. The summed E-state index contributed by atoms with van der Waals surface area (Å²) in [5.41, 5.74) is 2.25. The molecule has 1 rings (SSSR count). The minimum absolute atomic E-state index is 0.169. The molecular weight excluding hydrogens is 238 g/mol. The van der Waals surface area contributed by atoms with Gasteiger partial charge in [-0.1, -0.05) is 50.2 Å². The number of benzene rings is 1. The predicted molar refractivity (Wildman–Crippen MR) is 79.2 cm³/mol. The number of aromatic hydroxyl groups is 1. The highest BCUT2D eigenvalue weighted by molar-refractivity contribution is 6.00. The van der Waals surface area contributed by atoms with Gasteiger partial charge in [0.2, 0.25) is 0 Å². The molecule has 0 saturated carbocycles. The van der Waals surface area contributed by atoms with Gasteiger partial charge in [-0.15, -0.1) is 0 Å². The van der Waals surface area contributed by atoms with Gasteiger partial charge in [0.1, 0.15) is 5.75 Å². The molecule has 0 aliphatic rings. The van der Waals surface area contributed by atoms with Gasteiger partial charge < -0.3 is 10.3 Å². The second-order valence-electron chi connectivity index (χ2n) is 5.05. The van der Waals surface area contributed by atoms with Gasteiger partial charge in [-0.3, -0.25) is 0 Å². The van der Waals surface area contributed by atoms with Crippen LogP contribution in [0.25, 0.3) is 0 Å². The molecule has 0 aliphatic carbocycles. The summed E-state index contributed by atoms with van der Waals surface area (Å²) in [6.07, 6.45) is 8.67. The Hall–Kier alpha value is -1.51. The van der Waals surface area contributed by atoms with Crippen LogP contribution in [0.15, 0.2) is 23.4 Å². The lowest BCUT2D eigenvalue weighted by atomic mass is 10.0. The van der Waals surface area contributed by atoms with Crippen LogP contribution < -0.4 is 0 Å². The molecule has 106 valence electrons. The van der Waals surface area contributed by atoms with Crippen LogP contribution in [0.3, 0.4) is 0 Å². The SMILES string of the molecule is CCCCCCCCc1ccc(O)c(C(C)=NO)c1. The molecule has 0 heterocycles. The lowest BCUT2D eigenvalue weighted by molar-refractivity contribution is 0.318. The average Bonchev–Trinajstić information content (AvgIpc) is 2.43. The molecule has 0 aromatic heterocycles. The molecule has 0 aliphatic heterocycles. The van der Waals surface area contributed by atoms with Crippen LogP contribution in [-0.4, -0.2) is 16.0 Å². The van der Waals surface area contributed by atoms with Crippen molar-refractivity contribution in [3.8, 4) is 5.75 Å². The number of phenols is 1. The van der Waals surface area contributed by atoms with Gasteiger partial charge in [0.25, 0.3) is 0 Å². The van der Waals surface area contributed by atoms with E-state index in [2.05, 4.69) is 12.1 Å². The first kappa shape index (κ1) is 15.5. The maximum absolute atomic E-state index is 9.71. The third-order valence-electron chi connectivity index (χ3n) is 3.42. The van der Waals surface area contributed by atoms with Crippen LogP contribution in [0, 0.1) is 0 Å². The third kappa shape index (κ3) is 5.33. The quantitative estimate of drug-likeness (QED) is 0.314. The Morgan fingerprint density at radius 1 is 1.11 bits per heavy atom. The third-order valence-corrected chi connectivity index (χ3v) is 3.42. The number of unbranched alkanes of at least 4 members (excludes halogenated alkanes) is 5. The van der Waals surface area contributed by atoms with Crippen molar-refractivity contribution < 1.29 is 10.3 Å². The van der Waals surface area contributed by atoms with Gasteiger partial charge in [-0.05, 0) is 37.5 Å². The molecular formula is C16H25NO2. The van der Waals surface area contributed by atoms with Crippen LogP contribution in [0.4, 0.5) is 0 Å². The van der Waals surface area contributed by atoms with Crippen LogP contribution >= 0.6 is 0 Å². The molecule has 2 N–H and O–H groups in total. The summed E-state index contributed by atoms with van der Waals surface area (Å²) in [4.78, 5) is 0. The van der Waals surface area contributed by atoms with Crippen molar-refractivity contribution in [2.45, 2.75) is 58.8 Å². The van der Waals surface area contributed by atoms with E-state index in [1.807, 2.05) is 12.1 Å². The number of rotatable bonds is 8. The van der Waals surface area contributed by atoms with Gasteiger partial charge in [-0.25, -0.2) is 0 Å². The van der Waals surface area contributed by atoms with Crippen LogP contribution in [0.1, 0.15) is 63.5 Å². The fourth-order valence-corrected chi connectivity index (χ4v) is 2.19. The normalized spacial score (nSPS) is 11.8. The summed E-state index contributed by atoms with van der Waals surface area (Å²) in [6, 6.07) is 5.53. The molecule has 0 fully saturated rings. The Balaban J connectivity index is 2.46. The second kappa shape index (κ2) is 8.57. The molecule has 0 saturated heterocycles. The Kier molecular flexibility index (Phi) is 7.01. The Morgan fingerprint density at radius 3 is 2.47 bits per heavy atom. The van der Waals surface area contributed by atoms with E-state index in [0.29, 0.717) is 11.3 Å². The smallest absolute Gasteiger partial charge is 0.124 e. The number of aryl methyl sites for hydroxylation is 1. The van der Waals surface area contributed by atoms with Gasteiger partial charge in [-0.2, -0.15) is 0 Å². The Morgan fingerprint density at radius 2 is 1.79 bits per heavy atom. The zero-order chi connectivity index (χ0) is 14.1. The van der Waals surface area contributed by atoms with Crippen LogP contribution in [0.5, 0.6) is 5.75 Å². The molecule has 0 bridgehead atoms. The summed E-state index contributed by atoms with van der Waals surface area (Å²) in [7, 11) is 0. The fraction of sp³-hybridized carbons (Fsp3) is 0.562. The molecule has 1 aromatic carbocycles. The summed E-state index contributed by atoms with van der Waals surface area (Å²) in [5.74, 6) is 0.169. The van der Waals surface area contributed by atoms with Gasteiger partial charge >= 0.3 is 0 Å². The maximum atomic E-state index is 9.71. The standard InChI is InChI=1S/C16H25NO2/c1-3-4-5-6-7-8-9-14-10-11-16(18)15(12-14)13(2)17-19/h10-12,18-19H,3-9H2,1-2H3. The monoisotopic (exact) mass is 263 g/mol. The van der Waals surface area contributed by atoms with E-state index in [4.69, 9.17) is 5.21 Å². The Labute approximate surface area is 116 Å². The molecule has 0 atom stereocenters. The first-order valence-electron chi connectivity index (χ1n) is 7.20. The number of hydrogen-bond donors (Lipinski definition) is 2. The summed E-state index contributed by atoms with van der Waals surface area (Å²) >= 11 is 0. The van der Waals surface area contributed by atoms with Crippen molar-refractivity contribution in [2.75, 3.05) is 0 Å². The molecule has 0 amide bonds. The van der Waals surface area contributed by atoms with E-state index < -0.39 is 0 Å². The number of hydrogen-bond acceptors (Lipinski definition) is 3. The van der Waals surface area contributed by atoms with E-state index >= 15 is 0 Å². The van der Waals surface area contributed by atoms with Crippen molar-refractivity contribution in [3.63, 3.8) is 0 Å². The topological polar surface area (TPSA) is 52.8 Å². The largest absolute Gasteiger partial charge is 0.507 e. The van der Waals surface area contributed by atoms with Crippen molar-refractivity contribution in [1.82, 2.24) is 0 Å². The molecule has 1 aromatic rings. The average molecular weight is 263 g/mol. The highest BCUT2D eigenvalue weighted by Gasteiger charge is 2.06. The molecule has 19 heavy (non-hydrogen) atoms. The van der Waals surface area contributed by atoms with Crippen molar-refractivity contribution in [3.05, 3.63) is 29.3 Å². The second-order valence-corrected chi connectivity index (χ2v) is 5.05. The van der Waals surface area contributed by atoms with Crippen molar-refractivity contribution in [2.24, 2.45) is 5.16 Å². The first-order valence-corrected chi connectivity index (χ1v) is 7.20. The predicted octanol–water partition coefficient (Wildman–Crippen LogP) is 4.49. The van der Waals surface area contributed by atoms with Crippen molar-refractivity contribution in [1.29, 1.82) is 0 Å². The lowest BCUT2D eigenvalue weighted by Gasteiger charge is -2.07. The highest BCUT2D eigenvalue weighted by Crippen LogP contribution is 2.21. The molecule has 3 heteroatoms. The van der Waals surface area contributed by atoms with E-state index in [1.165, 1.54) is 44.1 Å². The molecule has 0 radical (unpaired) electrons. The zero-order valence-electron chi connectivity index (χ0n) is 12.0. The van der Waals surface area contributed by atoms with E-state index in [0.717, 1.165) is 6.42 Å². The Bertz CT molecular complexity index is 413. The summed E-state index contributed by atoms with van der Waals surface area (Å²) in [5, 5.41) is 21.6. The van der Waals surface area contributed by atoms with Crippen LogP contribution in [0.2, 0.25) is 0 Å². The van der Waals surface area contributed by atoms with Gasteiger partial charge in [0.15, 0.2) is 0 Å². The first-order chi connectivity index (χ1) is 9.19. The maximum Gasteiger partial charge on any atom is 0.124 e. The van der Waals surface area contributed by atoms with E-state index in [-0.39, 0.29) is 5.75 Å². The summed E-state index contributed by atoms with van der Waals surface area (Å²) in [6.45, 7) is 3.91. The molecule has 0 unspecified atom stereocenters. The number of oxime groups is 1. The highest BCUT2D eigenvalue weighted by atomic mass is 16.4. The molecule has 0 spiro atoms. The minimum atomic E-state index is 0.169. The lowest BCUT2D eigenvalue weighted by Crippen LogP contribution is -1.97. The number of nitrogens with zero attached hydrogens (tertiary/aromatic N) is 1. The van der Waals surface area contributed by atoms with E-state index in [9.17, 15) is 5.11 Å².